The van der Waals surface area contributed by atoms with Gasteiger partial charge in [-0.2, -0.15) is 0 Å². The Kier molecular flexibility index (Phi) is 5.14. The van der Waals surface area contributed by atoms with Crippen LogP contribution in [0.25, 0.3) is 5.76 Å². The van der Waals surface area contributed by atoms with E-state index in [1.165, 1.54) is 30.4 Å². The van der Waals surface area contributed by atoms with Gasteiger partial charge in [-0.25, -0.2) is 4.79 Å². The van der Waals surface area contributed by atoms with E-state index in [1.807, 2.05) is 0 Å². The summed E-state index contributed by atoms with van der Waals surface area (Å²) in [5.74, 6) is -6.15. The summed E-state index contributed by atoms with van der Waals surface area (Å²) in [5, 5.41) is 33.5. The van der Waals surface area contributed by atoms with Gasteiger partial charge in [0.15, 0.2) is 23.5 Å². The maximum Gasteiger partial charge on any atom is 0.354 e. The van der Waals surface area contributed by atoms with Crippen molar-refractivity contribution in [2.24, 2.45) is 5.41 Å². The molecule has 0 amide bonds. The van der Waals surface area contributed by atoms with Crippen molar-refractivity contribution in [3.8, 4) is 17.2 Å². The molecule has 0 unspecified atom stereocenters. The molecular weight excluding hydrogens is 548 g/mol. The minimum Gasteiger partial charge on any atom is -0.507 e. The minimum absolute atomic E-state index is 0.0124. The number of aliphatic hydroxyl groups excluding tert-OH is 1. The molecule has 3 N–H and O–H groups in total. The van der Waals surface area contributed by atoms with Crippen molar-refractivity contribution in [1.29, 1.82) is 0 Å². The number of Topliss-reactive ketones (excluding diaryl/α,β-unsaturated/α-hetero) is 3. The first kappa shape index (κ1) is 26.0. The molecule has 1 spiro atoms. The van der Waals surface area contributed by atoms with E-state index >= 15 is 0 Å². The van der Waals surface area contributed by atoms with Crippen LogP contribution in [0, 0.1) is 12.3 Å². The maximum atomic E-state index is 14.1. The number of allylic oxidation sites excluding steroid dienone is 3. The number of aryl methyl sites for hydroxylation is 1. The van der Waals surface area contributed by atoms with Gasteiger partial charge in [-0.3, -0.25) is 19.2 Å². The lowest BCUT2D eigenvalue weighted by molar-refractivity contribution is -0.175. The number of ketones is 3. The molecule has 214 valence electrons. The van der Waals surface area contributed by atoms with E-state index in [4.69, 9.17) is 14.2 Å². The van der Waals surface area contributed by atoms with Crippen LogP contribution in [-0.4, -0.2) is 63.4 Å². The third kappa shape index (κ3) is 3.07. The predicted octanol–water partition coefficient (Wildman–Crippen LogP) is 2.92. The molecule has 2 aliphatic heterocycles. The molecule has 11 nitrogen and oxygen atoms in total. The first-order chi connectivity index (χ1) is 19.9. The number of aliphatic hydroxyl groups is 1. The number of esters is 2. The zero-order chi connectivity index (χ0) is 29.9. The Hall–Kier alpha value is -4.93. The topological polar surface area (TPSA) is 174 Å². The van der Waals surface area contributed by atoms with Gasteiger partial charge in [-0.1, -0.05) is 12.2 Å². The monoisotopic (exact) mass is 572 g/mol. The van der Waals surface area contributed by atoms with E-state index in [1.54, 1.807) is 6.92 Å². The average Bonchev–Trinajstić information content (AvgIpc) is 3.26. The number of cyclic esters (lactones) is 1. The van der Waals surface area contributed by atoms with Gasteiger partial charge in [0.25, 0.3) is 0 Å². The number of carbonyl (C=O) groups is 5. The Labute approximate surface area is 238 Å². The van der Waals surface area contributed by atoms with Crippen LogP contribution in [0.4, 0.5) is 0 Å². The number of phenols is 2. The van der Waals surface area contributed by atoms with Crippen LogP contribution in [0.1, 0.15) is 68.2 Å². The highest BCUT2D eigenvalue weighted by Crippen LogP contribution is 2.58. The number of hydrogen-bond acceptors (Lipinski definition) is 11. The summed E-state index contributed by atoms with van der Waals surface area (Å²) in [7, 11) is 1.11. The Morgan fingerprint density at radius 1 is 1.05 bits per heavy atom. The van der Waals surface area contributed by atoms with Crippen LogP contribution in [0.2, 0.25) is 0 Å². The first-order valence-electron chi connectivity index (χ1n) is 13.4. The van der Waals surface area contributed by atoms with Crippen LogP contribution in [-0.2, 0) is 30.3 Å². The third-order valence-electron chi connectivity index (χ3n) is 9.03. The molecular formula is C31H24O11. The molecule has 2 bridgehead atoms. The van der Waals surface area contributed by atoms with Crippen molar-refractivity contribution in [3.63, 3.8) is 0 Å². The molecule has 0 radical (unpaired) electrons. The lowest BCUT2D eigenvalue weighted by Crippen LogP contribution is -2.58. The Morgan fingerprint density at radius 3 is 2.50 bits per heavy atom. The van der Waals surface area contributed by atoms with Crippen molar-refractivity contribution in [2.75, 3.05) is 7.11 Å². The summed E-state index contributed by atoms with van der Waals surface area (Å²) in [6.45, 7) is 1.68. The fourth-order valence-corrected chi connectivity index (χ4v) is 7.21. The average molecular weight is 573 g/mol. The van der Waals surface area contributed by atoms with Gasteiger partial charge in [-0.15, -0.1) is 0 Å². The molecule has 42 heavy (non-hydrogen) atoms. The highest BCUT2D eigenvalue weighted by molar-refractivity contribution is 6.23. The lowest BCUT2D eigenvalue weighted by atomic mass is 9.62. The zero-order valence-corrected chi connectivity index (χ0v) is 22.5. The standard InChI is InChI=1S/C31H24O11/c1-12-7-15-22(16(32)8-12)27(37)24-25(35)14-5-6-30(24,28(15)38)10-13-9-18-23(26(36)21(13)14)17(33)11-31(42-18,29(39)40-2)19-3-4-20(34)41-19/h5-9,14,19,32,36-37H,3-4,10-11H2,1-2H3/t14-,19-,30+,31+/m0/s1. The van der Waals surface area contributed by atoms with Crippen molar-refractivity contribution in [1.82, 2.24) is 0 Å². The number of hydrogen-bond donors (Lipinski definition) is 3. The summed E-state index contributed by atoms with van der Waals surface area (Å²) in [4.78, 5) is 66.6. The Bertz CT molecular complexity index is 1780. The number of methoxy groups -OCH3 is 1. The molecule has 8 rings (SSSR count). The lowest BCUT2D eigenvalue weighted by Gasteiger charge is -2.39. The molecule has 4 atom stereocenters. The zero-order valence-electron chi connectivity index (χ0n) is 22.5. The fourth-order valence-electron chi connectivity index (χ4n) is 7.21. The van der Waals surface area contributed by atoms with Crippen LogP contribution >= 0.6 is 0 Å². The van der Waals surface area contributed by atoms with Crippen LogP contribution in [0.15, 0.2) is 35.9 Å². The summed E-state index contributed by atoms with van der Waals surface area (Å²) in [6.07, 6.45) is 1.20. The second-order valence-electron chi connectivity index (χ2n) is 11.4. The van der Waals surface area contributed by atoms with E-state index in [0.717, 1.165) is 7.11 Å². The number of phenolic OH excluding ortho intramolecular Hbond substituents is 2. The van der Waals surface area contributed by atoms with Gasteiger partial charge in [0, 0.05) is 17.5 Å². The van der Waals surface area contributed by atoms with E-state index in [0.29, 0.717) is 5.56 Å². The number of ether oxygens (including phenoxy) is 3. The molecule has 6 aliphatic rings. The molecule has 2 aromatic carbocycles. The molecule has 2 aromatic rings. The number of fused-ring (bicyclic) bond motifs is 2. The van der Waals surface area contributed by atoms with E-state index in [-0.39, 0.29) is 64.2 Å². The summed E-state index contributed by atoms with van der Waals surface area (Å²) >= 11 is 0. The van der Waals surface area contributed by atoms with Crippen LogP contribution in [0.3, 0.4) is 0 Å². The molecule has 1 saturated heterocycles. The molecule has 0 aromatic heterocycles. The quantitative estimate of drug-likeness (QED) is 0.357. The second kappa shape index (κ2) is 8.31. The smallest absolute Gasteiger partial charge is 0.354 e. The van der Waals surface area contributed by atoms with Gasteiger partial charge in [0.1, 0.15) is 28.6 Å². The predicted molar refractivity (Wildman–Crippen MR) is 141 cm³/mol. The van der Waals surface area contributed by atoms with Gasteiger partial charge < -0.3 is 29.5 Å². The van der Waals surface area contributed by atoms with E-state index < -0.39 is 70.3 Å². The van der Waals surface area contributed by atoms with Crippen LogP contribution in [0.5, 0.6) is 17.2 Å². The van der Waals surface area contributed by atoms with Gasteiger partial charge in [0.2, 0.25) is 5.60 Å². The molecule has 2 heterocycles. The maximum absolute atomic E-state index is 14.1. The molecule has 4 aliphatic carbocycles. The van der Waals surface area contributed by atoms with Crippen molar-refractivity contribution >= 4 is 35.0 Å². The highest BCUT2D eigenvalue weighted by Gasteiger charge is 2.60. The van der Waals surface area contributed by atoms with Gasteiger partial charge >= 0.3 is 11.9 Å². The number of benzene rings is 2. The molecule has 11 heteroatoms. The SMILES string of the molecule is COC(=O)[C@]1([C@@H]2CCC(=O)O2)CC(=O)c2c(cc3c(c2O)[C@@H]2C=C[C@]4(C3)C(=O)c3cc(C)cc(O)c3C(O)=C4C2=O)O1. The van der Waals surface area contributed by atoms with Crippen molar-refractivity contribution in [3.05, 3.63) is 69.3 Å². The Balaban J connectivity index is 1.43. The summed E-state index contributed by atoms with van der Waals surface area (Å²) in [6, 6.07) is 4.30. The molecule has 0 saturated carbocycles. The van der Waals surface area contributed by atoms with Crippen molar-refractivity contribution < 1.29 is 53.5 Å². The normalized spacial score (nSPS) is 28.8. The highest BCUT2D eigenvalue weighted by atomic mass is 16.6. The van der Waals surface area contributed by atoms with E-state index in [2.05, 4.69) is 0 Å². The second-order valence-corrected chi connectivity index (χ2v) is 11.4. The largest absolute Gasteiger partial charge is 0.507 e. The summed E-state index contributed by atoms with van der Waals surface area (Å²) in [5.41, 5.74) is -3.32. The Morgan fingerprint density at radius 2 is 1.81 bits per heavy atom. The summed E-state index contributed by atoms with van der Waals surface area (Å²) < 4.78 is 16.4. The van der Waals surface area contributed by atoms with Gasteiger partial charge in [0.05, 0.1) is 36.0 Å². The number of carbonyl (C=O) groups excluding carboxylic acids is 5. The third-order valence-corrected chi connectivity index (χ3v) is 9.03. The van der Waals surface area contributed by atoms with E-state index in [9.17, 15) is 39.3 Å². The number of rotatable bonds is 2. The minimum atomic E-state index is -2.00. The number of aromatic hydroxyl groups is 2. The fraction of sp³-hybridized carbons (Fsp3) is 0.323. The van der Waals surface area contributed by atoms with Crippen molar-refractivity contribution in [2.45, 2.75) is 50.2 Å². The molecule has 1 fully saturated rings. The first-order valence-corrected chi connectivity index (χ1v) is 13.4. The van der Waals surface area contributed by atoms with Crippen LogP contribution < -0.4 is 4.74 Å². The van der Waals surface area contributed by atoms with Gasteiger partial charge in [-0.05, 0) is 49.1 Å².